The number of carbonyl (C=O) groups is 1. The minimum Gasteiger partial charge on any atom is -0.494 e. The van der Waals surface area contributed by atoms with E-state index in [4.69, 9.17) is 5.11 Å². The number of hydrogen-bond donors (Lipinski definition) is 2. The van der Waals surface area contributed by atoms with Crippen LogP contribution in [0, 0.1) is 0 Å². The first-order valence-corrected chi connectivity index (χ1v) is 3.90. The largest absolute Gasteiger partial charge is 0.494 e. The number of nitrogens with zero attached hydrogens (tertiary/aromatic N) is 1. The summed E-state index contributed by atoms with van der Waals surface area (Å²) in [5.41, 5.74) is -0.252. The van der Waals surface area contributed by atoms with Crippen molar-refractivity contribution in [1.29, 1.82) is 0 Å². The number of halogens is 3. The number of Topliss-reactive ketones (excluding diaryl/α,β-unsaturated/α-hetero) is 1. The van der Waals surface area contributed by atoms with E-state index in [9.17, 15) is 23.1 Å². The number of alkyl halides is 3. The third-order valence-corrected chi connectivity index (χ3v) is 1.92. The van der Waals surface area contributed by atoms with Gasteiger partial charge in [0.1, 0.15) is 0 Å². The molecule has 1 aromatic rings. The molecule has 0 aliphatic heterocycles. The van der Waals surface area contributed by atoms with E-state index in [1.165, 1.54) is 7.05 Å². The van der Waals surface area contributed by atoms with Crippen LogP contribution < -0.4 is 0 Å². The standard InChI is InChI=1S/C8H8F3NO3/c1-12-6(14)3-4(7(12)15)2-5(13)8(9,10)11/h3,14-15H,2H2,1H3. The Morgan fingerprint density at radius 3 is 2.33 bits per heavy atom. The van der Waals surface area contributed by atoms with Gasteiger partial charge >= 0.3 is 6.18 Å². The third kappa shape index (κ3) is 2.23. The normalized spacial score (nSPS) is 11.7. The van der Waals surface area contributed by atoms with Gasteiger partial charge in [-0.1, -0.05) is 0 Å². The highest BCUT2D eigenvalue weighted by Gasteiger charge is 2.38. The zero-order chi connectivity index (χ0) is 11.8. The maximum absolute atomic E-state index is 11.9. The van der Waals surface area contributed by atoms with Gasteiger partial charge in [0.15, 0.2) is 11.8 Å². The van der Waals surface area contributed by atoms with Crippen LogP contribution in [0.3, 0.4) is 0 Å². The third-order valence-electron chi connectivity index (χ3n) is 1.92. The molecule has 2 N–H and O–H groups in total. The van der Waals surface area contributed by atoms with E-state index in [0.29, 0.717) is 0 Å². The molecule has 0 bridgehead atoms. The van der Waals surface area contributed by atoms with Crippen LogP contribution >= 0.6 is 0 Å². The van der Waals surface area contributed by atoms with Gasteiger partial charge in [0.05, 0.1) is 0 Å². The quantitative estimate of drug-likeness (QED) is 0.789. The summed E-state index contributed by atoms with van der Waals surface area (Å²) in [7, 11) is 1.26. The molecule has 7 heteroatoms. The van der Waals surface area contributed by atoms with Crippen LogP contribution in [0.25, 0.3) is 0 Å². The van der Waals surface area contributed by atoms with Gasteiger partial charge in [0.2, 0.25) is 5.78 Å². The van der Waals surface area contributed by atoms with Crippen LogP contribution in [0.15, 0.2) is 6.07 Å². The Hall–Kier alpha value is -1.66. The molecule has 0 fully saturated rings. The molecule has 84 valence electrons. The first kappa shape index (κ1) is 11.4. The van der Waals surface area contributed by atoms with Crippen molar-refractivity contribution in [3.8, 4) is 11.8 Å². The van der Waals surface area contributed by atoms with Crippen molar-refractivity contribution < 1.29 is 28.2 Å². The van der Waals surface area contributed by atoms with E-state index in [0.717, 1.165) is 10.6 Å². The molecule has 0 amide bonds. The van der Waals surface area contributed by atoms with Crippen LogP contribution in [0.5, 0.6) is 11.8 Å². The minimum absolute atomic E-state index is 0.252. The highest BCUT2D eigenvalue weighted by Crippen LogP contribution is 2.28. The van der Waals surface area contributed by atoms with Crippen molar-refractivity contribution in [1.82, 2.24) is 4.57 Å². The lowest BCUT2D eigenvalue weighted by atomic mass is 10.1. The van der Waals surface area contributed by atoms with Crippen molar-refractivity contribution in [3.05, 3.63) is 11.6 Å². The van der Waals surface area contributed by atoms with Gasteiger partial charge < -0.3 is 10.2 Å². The maximum Gasteiger partial charge on any atom is 0.450 e. The molecule has 1 heterocycles. The summed E-state index contributed by atoms with van der Waals surface area (Å²) in [5.74, 6) is -2.93. The summed E-state index contributed by atoms with van der Waals surface area (Å²) >= 11 is 0. The van der Waals surface area contributed by atoms with Gasteiger partial charge in [0, 0.05) is 25.1 Å². The summed E-state index contributed by atoms with van der Waals surface area (Å²) < 4.78 is 36.5. The first-order valence-electron chi connectivity index (χ1n) is 3.90. The molecule has 0 aliphatic rings. The summed E-state index contributed by atoms with van der Waals surface area (Å²) in [6, 6.07) is 0.916. The van der Waals surface area contributed by atoms with Gasteiger partial charge in [0.25, 0.3) is 0 Å². The molecule has 0 aromatic carbocycles. The fourth-order valence-electron chi connectivity index (χ4n) is 1.04. The van der Waals surface area contributed by atoms with E-state index < -0.39 is 30.1 Å². The maximum atomic E-state index is 11.9. The van der Waals surface area contributed by atoms with Gasteiger partial charge in [-0.25, -0.2) is 0 Å². The van der Waals surface area contributed by atoms with E-state index in [2.05, 4.69) is 0 Å². The summed E-state index contributed by atoms with van der Waals surface area (Å²) in [5, 5.41) is 18.3. The Bertz CT molecular complexity index is 395. The highest BCUT2D eigenvalue weighted by molar-refractivity contribution is 5.86. The Balaban J connectivity index is 2.91. The zero-order valence-electron chi connectivity index (χ0n) is 7.67. The highest BCUT2D eigenvalue weighted by atomic mass is 19.4. The van der Waals surface area contributed by atoms with Crippen molar-refractivity contribution in [2.45, 2.75) is 12.6 Å². The molecule has 0 spiro atoms. The molecule has 0 saturated carbocycles. The van der Waals surface area contributed by atoms with Crippen LogP contribution in [-0.2, 0) is 18.3 Å². The van der Waals surface area contributed by atoms with Crippen LogP contribution in [-0.4, -0.2) is 26.7 Å². The van der Waals surface area contributed by atoms with Crippen LogP contribution in [0.4, 0.5) is 13.2 Å². The molecular weight excluding hydrogens is 215 g/mol. The van der Waals surface area contributed by atoms with Crippen molar-refractivity contribution in [2.75, 3.05) is 0 Å². The molecule has 0 unspecified atom stereocenters. The fraction of sp³-hybridized carbons (Fsp3) is 0.375. The Morgan fingerprint density at radius 1 is 1.47 bits per heavy atom. The lowest BCUT2D eigenvalue weighted by Gasteiger charge is -2.03. The van der Waals surface area contributed by atoms with Crippen molar-refractivity contribution >= 4 is 5.78 Å². The Morgan fingerprint density at radius 2 is 2.00 bits per heavy atom. The molecule has 0 atom stereocenters. The smallest absolute Gasteiger partial charge is 0.450 e. The fourth-order valence-corrected chi connectivity index (χ4v) is 1.04. The molecule has 0 saturated heterocycles. The summed E-state index contributed by atoms with van der Waals surface area (Å²) in [6.45, 7) is 0. The number of aromatic hydroxyl groups is 2. The first-order chi connectivity index (χ1) is 6.73. The number of ketones is 1. The minimum atomic E-state index is -4.93. The number of carbonyl (C=O) groups excluding carboxylic acids is 1. The number of aromatic nitrogens is 1. The average molecular weight is 223 g/mol. The zero-order valence-corrected chi connectivity index (χ0v) is 7.67. The summed E-state index contributed by atoms with van der Waals surface area (Å²) in [4.78, 5) is 10.6. The number of hydrogen-bond acceptors (Lipinski definition) is 3. The monoisotopic (exact) mass is 223 g/mol. The van der Waals surface area contributed by atoms with Crippen LogP contribution in [0.2, 0.25) is 0 Å². The predicted molar refractivity (Wildman–Crippen MR) is 43.5 cm³/mol. The average Bonchev–Trinajstić information content (AvgIpc) is 2.32. The van der Waals surface area contributed by atoms with Gasteiger partial charge in [-0.3, -0.25) is 9.36 Å². The molecule has 15 heavy (non-hydrogen) atoms. The van der Waals surface area contributed by atoms with E-state index in [-0.39, 0.29) is 5.56 Å². The van der Waals surface area contributed by atoms with Gasteiger partial charge in [-0.05, 0) is 0 Å². The second-order valence-corrected chi connectivity index (χ2v) is 3.01. The SMILES string of the molecule is Cn1c(O)cc(CC(=O)C(F)(F)F)c1O. The Labute approximate surface area is 82.6 Å². The molecule has 0 aliphatic carbocycles. The van der Waals surface area contributed by atoms with E-state index in [1.807, 2.05) is 0 Å². The molecular formula is C8H8F3NO3. The topological polar surface area (TPSA) is 62.5 Å². The second kappa shape index (κ2) is 3.48. The number of rotatable bonds is 2. The van der Waals surface area contributed by atoms with Gasteiger partial charge in [-0.2, -0.15) is 13.2 Å². The van der Waals surface area contributed by atoms with E-state index >= 15 is 0 Å². The lowest BCUT2D eigenvalue weighted by molar-refractivity contribution is -0.170. The molecule has 1 aromatic heterocycles. The molecule has 4 nitrogen and oxygen atoms in total. The second-order valence-electron chi connectivity index (χ2n) is 3.01. The molecule has 1 rings (SSSR count). The predicted octanol–water partition coefficient (Wildman–Crippen LogP) is 1.11. The van der Waals surface area contributed by atoms with Crippen LogP contribution in [0.1, 0.15) is 5.56 Å². The van der Waals surface area contributed by atoms with Crippen molar-refractivity contribution in [3.63, 3.8) is 0 Å². The Kier molecular flexibility index (Phi) is 2.65. The van der Waals surface area contributed by atoms with E-state index in [1.54, 1.807) is 0 Å². The molecule has 0 radical (unpaired) electrons. The van der Waals surface area contributed by atoms with Gasteiger partial charge in [-0.15, -0.1) is 0 Å². The summed E-state index contributed by atoms with van der Waals surface area (Å²) in [6.07, 6.45) is -5.92. The lowest BCUT2D eigenvalue weighted by Crippen LogP contribution is -2.24. The van der Waals surface area contributed by atoms with Crippen molar-refractivity contribution in [2.24, 2.45) is 7.05 Å².